The number of ether oxygens (including phenoxy) is 1. The van der Waals surface area contributed by atoms with Crippen molar-refractivity contribution >= 4 is 0 Å². The first-order valence-electron chi connectivity index (χ1n) is 7.67. The highest BCUT2D eigenvalue weighted by atomic mass is 16.5. The third-order valence-corrected chi connectivity index (χ3v) is 6.14. The van der Waals surface area contributed by atoms with Crippen LogP contribution in [-0.2, 0) is 11.2 Å². The molecule has 1 aromatic rings. The summed E-state index contributed by atoms with van der Waals surface area (Å²) < 4.78 is 6.44. The average Bonchev–Trinajstić information content (AvgIpc) is 3.07. The van der Waals surface area contributed by atoms with E-state index in [1.165, 1.54) is 32.1 Å². The fourth-order valence-corrected chi connectivity index (χ4v) is 5.55. The Bertz CT molecular complexity index is 494. The van der Waals surface area contributed by atoms with E-state index in [-0.39, 0.29) is 0 Å². The van der Waals surface area contributed by atoms with Gasteiger partial charge in [0.1, 0.15) is 0 Å². The Kier molecular flexibility index (Phi) is 1.89. The summed E-state index contributed by atoms with van der Waals surface area (Å²) in [5.41, 5.74) is 3.24. The van der Waals surface area contributed by atoms with Crippen molar-refractivity contribution in [1.82, 2.24) is 0 Å². The highest BCUT2D eigenvalue weighted by molar-refractivity contribution is 5.40. The first-order valence-corrected chi connectivity index (χ1v) is 7.67. The van der Waals surface area contributed by atoms with Gasteiger partial charge in [-0.25, -0.2) is 0 Å². The van der Waals surface area contributed by atoms with Crippen molar-refractivity contribution < 1.29 is 4.74 Å². The van der Waals surface area contributed by atoms with Crippen molar-refractivity contribution in [3.05, 3.63) is 35.4 Å². The second kappa shape index (κ2) is 3.39. The smallest absolute Gasteiger partial charge is 0.0683 e. The minimum Gasteiger partial charge on any atom is -0.373 e. The molecule has 1 saturated carbocycles. The van der Waals surface area contributed by atoms with Crippen molar-refractivity contribution in [2.24, 2.45) is 17.8 Å². The van der Waals surface area contributed by atoms with Crippen LogP contribution in [0, 0.1) is 17.8 Å². The molecule has 0 unspecified atom stereocenters. The topological polar surface area (TPSA) is 9.23 Å². The summed E-state index contributed by atoms with van der Waals surface area (Å²) in [6.07, 6.45) is 8.19. The Morgan fingerprint density at radius 1 is 0.889 bits per heavy atom. The van der Waals surface area contributed by atoms with Crippen LogP contribution < -0.4 is 0 Å². The molecule has 2 bridgehead atoms. The summed E-state index contributed by atoms with van der Waals surface area (Å²) in [5, 5.41) is 0. The molecule has 0 radical (unpaired) electrons. The zero-order valence-corrected chi connectivity index (χ0v) is 10.7. The van der Waals surface area contributed by atoms with E-state index in [1.54, 1.807) is 11.1 Å². The highest BCUT2D eigenvalue weighted by Gasteiger charge is 2.61. The molecule has 3 fully saturated rings. The van der Waals surface area contributed by atoms with Crippen molar-refractivity contribution in [3.63, 3.8) is 0 Å². The Morgan fingerprint density at radius 2 is 1.67 bits per heavy atom. The van der Waals surface area contributed by atoms with Crippen LogP contribution in [0.15, 0.2) is 24.3 Å². The molecule has 1 aromatic carbocycles. The Labute approximate surface area is 109 Å². The quantitative estimate of drug-likeness (QED) is 0.674. The van der Waals surface area contributed by atoms with Gasteiger partial charge in [-0.1, -0.05) is 37.1 Å². The highest BCUT2D eigenvalue weighted by Crippen LogP contribution is 2.61. The van der Waals surface area contributed by atoms with E-state index in [2.05, 4.69) is 24.3 Å². The molecule has 2 heterocycles. The lowest BCUT2D eigenvalue weighted by atomic mass is 9.63. The second-order valence-corrected chi connectivity index (χ2v) is 6.77. The molecule has 2 saturated heterocycles. The molecular formula is C17H20O. The molecule has 1 heteroatoms. The lowest BCUT2D eigenvalue weighted by Crippen LogP contribution is -2.38. The predicted octanol–water partition coefficient (Wildman–Crippen LogP) is 3.53. The molecule has 5 rings (SSSR count). The largest absolute Gasteiger partial charge is 0.373 e. The van der Waals surface area contributed by atoms with Crippen molar-refractivity contribution in [2.75, 3.05) is 0 Å². The van der Waals surface area contributed by atoms with E-state index in [9.17, 15) is 0 Å². The van der Waals surface area contributed by atoms with Crippen molar-refractivity contribution in [3.8, 4) is 0 Å². The predicted molar refractivity (Wildman–Crippen MR) is 70.5 cm³/mol. The molecule has 0 spiro atoms. The van der Waals surface area contributed by atoms with Gasteiger partial charge < -0.3 is 4.74 Å². The number of hydrogen-bond donors (Lipinski definition) is 0. The van der Waals surface area contributed by atoms with E-state index in [0.29, 0.717) is 12.2 Å². The summed E-state index contributed by atoms with van der Waals surface area (Å²) in [6, 6.07) is 9.12. The maximum atomic E-state index is 6.44. The maximum absolute atomic E-state index is 6.44. The van der Waals surface area contributed by atoms with Crippen LogP contribution in [0.5, 0.6) is 0 Å². The van der Waals surface area contributed by atoms with Crippen LogP contribution in [0.2, 0.25) is 0 Å². The van der Waals surface area contributed by atoms with Gasteiger partial charge in [0.05, 0.1) is 12.2 Å². The normalized spacial score (nSPS) is 47.8. The zero-order valence-electron chi connectivity index (χ0n) is 10.7. The standard InChI is InChI=1S/C17H20O/c1-2-6-11-10(5-1)9-14-15(11)17-13-8-4-3-7-12(13)16(14)18-17/h1-2,5-6,12-17H,3-4,7-9H2/t12-,13+,14+,15+,16-,17+/m0/s1. The molecule has 2 aliphatic heterocycles. The minimum absolute atomic E-state index is 0.564. The molecule has 4 aliphatic rings. The van der Waals surface area contributed by atoms with Gasteiger partial charge in [-0.15, -0.1) is 0 Å². The molecule has 1 nitrogen and oxygen atoms in total. The summed E-state index contributed by atoms with van der Waals surface area (Å²) in [4.78, 5) is 0. The van der Waals surface area contributed by atoms with E-state index in [1.807, 2.05) is 0 Å². The maximum Gasteiger partial charge on any atom is 0.0683 e. The lowest BCUT2D eigenvalue weighted by molar-refractivity contribution is 0.0719. The van der Waals surface area contributed by atoms with Gasteiger partial charge in [0.2, 0.25) is 0 Å². The molecule has 0 aromatic heterocycles. The fraction of sp³-hybridized carbons (Fsp3) is 0.647. The van der Waals surface area contributed by atoms with Crippen LogP contribution >= 0.6 is 0 Å². The van der Waals surface area contributed by atoms with Gasteiger partial charge >= 0.3 is 0 Å². The van der Waals surface area contributed by atoms with Crippen molar-refractivity contribution in [1.29, 1.82) is 0 Å². The number of hydrogen-bond acceptors (Lipinski definition) is 1. The van der Waals surface area contributed by atoms with E-state index >= 15 is 0 Å². The third kappa shape index (κ3) is 1.08. The Morgan fingerprint density at radius 3 is 2.56 bits per heavy atom. The molecule has 94 valence electrons. The zero-order chi connectivity index (χ0) is 11.7. The second-order valence-electron chi connectivity index (χ2n) is 6.77. The van der Waals surface area contributed by atoms with Crippen LogP contribution in [0.1, 0.15) is 42.7 Å². The van der Waals surface area contributed by atoms with Gasteiger partial charge in [-0.3, -0.25) is 0 Å². The van der Waals surface area contributed by atoms with Crippen LogP contribution in [0.25, 0.3) is 0 Å². The lowest BCUT2D eigenvalue weighted by Gasteiger charge is -2.38. The van der Waals surface area contributed by atoms with Gasteiger partial charge in [-0.05, 0) is 48.1 Å². The monoisotopic (exact) mass is 240 g/mol. The average molecular weight is 240 g/mol. The molecule has 6 atom stereocenters. The number of benzene rings is 1. The minimum atomic E-state index is 0.564. The van der Waals surface area contributed by atoms with Crippen LogP contribution in [0.3, 0.4) is 0 Å². The molecule has 0 amide bonds. The first-order chi connectivity index (χ1) is 8.93. The summed E-state index contributed by atoms with van der Waals surface area (Å²) in [7, 11) is 0. The summed E-state index contributed by atoms with van der Waals surface area (Å²) >= 11 is 0. The number of fused-ring (bicyclic) bond motifs is 10. The summed E-state index contributed by atoms with van der Waals surface area (Å²) in [6.45, 7) is 0. The van der Waals surface area contributed by atoms with E-state index in [4.69, 9.17) is 4.74 Å². The molecule has 18 heavy (non-hydrogen) atoms. The molecule has 2 aliphatic carbocycles. The van der Waals surface area contributed by atoms with Crippen LogP contribution in [0.4, 0.5) is 0 Å². The van der Waals surface area contributed by atoms with Crippen LogP contribution in [-0.4, -0.2) is 12.2 Å². The van der Waals surface area contributed by atoms with Gasteiger partial charge in [0.25, 0.3) is 0 Å². The Balaban J connectivity index is 1.59. The first kappa shape index (κ1) is 10.0. The third-order valence-electron chi connectivity index (χ3n) is 6.14. The Hall–Kier alpha value is -0.820. The fourth-order valence-electron chi connectivity index (χ4n) is 5.55. The number of rotatable bonds is 0. The molecular weight excluding hydrogens is 220 g/mol. The molecule has 0 N–H and O–H groups in total. The summed E-state index contributed by atoms with van der Waals surface area (Å²) in [5.74, 6) is 3.34. The SMILES string of the molecule is c1ccc2c(c1)C[C@H]1[C@H]3O[C@H]([C@@H]4CCCC[C@@H]43)[C@H]21. The van der Waals surface area contributed by atoms with Gasteiger partial charge in [0, 0.05) is 5.92 Å². The van der Waals surface area contributed by atoms with Crippen molar-refractivity contribution in [2.45, 2.75) is 50.2 Å². The van der Waals surface area contributed by atoms with E-state index < -0.39 is 0 Å². The van der Waals surface area contributed by atoms with E-state index in [0.717, 1.165) is 23.7 Å². The van der Waals surface area contributed by atoms with Gasteiger partial charge in [-0.2, -0.15) is 0 Å². The van der Waals surface area contributed by atoms with Gasteiger partial charge in [0.15, 0.2) is 0 Å².